The van der Waals surface area contributed by atoms with Gasteiger partial charge < -0.3 is 10.6 Å². The maximum atomic E-state index is 3.67. The highest BCUT2D eigenvalue weighted by molar-refractivity contribution is 4.84. The van der Waals surface area contributed by atoms with Crippen molar-refractivity contribution in [1.29, 1.82) is 0 Å². The van der Waals surface area contributed by atoms with Gasteiger partial charge >= 0.3 is 0 Å². The van der Waals surface area contributed by atoms with Crippen LogP contribution in [-0.4, -0.2) is 25.7 Å². The molecule has 104 valence electrons. The van der Waals surface area contributed by atoms with E-state index in [1.54, 1.807) is 0 Å². The Bertz CT molecular complexity index is 249. The molecule has 0 aliphatic heterocycles. The van der Waals surface area contributed by atoms with Gasteiger partial charge in [0.25, 0.3) is 0 Å². The van der Waals surface area contributed by atoms with E-state index in [0.717, 1.165) is 23.8 Å². The Balaban J connectivity index is 1.28. The molecule has 3 atom stereocenters. The number of rotatable bonds is 6. The van der Waals surface area contributed by atoms with Gasteiger partial charge in [0, 0.05) is 19.1 Å². The molecular weight excluding hydrogens is 220 g/mol. The van der Waals surface area contributed by atoms with Crippen molar-refractivity contribution in [2.24, 2.45) is 17.8 Å². The Morgan fingerprint density at radius 2 is 1.61 bits per heavy atom. The molecule has 3 rings (SSSR count). The van der Waals surface area contributed by atoms with E-state index in [1.807, 2.05) is 0 Å². The molecule has 0 amide bonds. The zero-order chi connectivity index (χ0) is 12.2. The van der Waals surface area contributed by atoms with Crippen molar-refractivity contribution in [3.05, 3.63) is 0 Å². The van der Waals surface area contributed by atoms with Crippen molar-refractivity contribution in [3.63, 3.8) is 0 Å². The van der Waals surface area contributed by atoms with Crippen LogP contribution in [0.25, 0.3) is 0 Å². The molecular formula is C16H30N2. The highest BCUT2D eigenvalue weighted by Crippen LogP contribution is 2.42. The zero-order valence-electron chi connectivity index (χ0n) is 11.8. The Morgan fingerprint density at radius 3 is 2.44 bits per heavy atom. The van der Waals surface area contributed by atoms with E-state index in [0.29, 0.717) is 0 Å². The Labute approximate surface area is 112 Å². The summed E-state index contributed by atoms with van der Waals surface area (Å²) in [5, 5.41) is 7.25. The summed E-state index contributed by atoms with van der Waals surface area (Å²) in [6.07, 6.45) is 13.4. The summed E-state index contributed by atoms with van der Waals surface area (Å²) >= 11 is 0. The lowest BCUT2D eigenvalue weighted by Crippen LogP contribution is -2.35. The van der Waals surface area contributed by atoms with Crippen molar-refractivity contribution in [2.75, 3.05) is 19.6 Å². The van der Waals surface area contributed by atoms with Crippen molar-refractivity contribution < 1.29 is 0 Å². The van der Waals surface area contributed by atoms with Crippen LogP contribution in [0.2, 0.25) is 0 Å². The van der Waals surface area contributed by atoms with Gasteiger partial charge in [-0.2, -0.15) is 0 Å². The Morgan fingerprint density at radius 1 is 0.778 bits per heavy atom. The van der Waals surface area contributed by atoms with Gasteiger partial charge in [-0.05, 0) is 56.4 Å². The van der Waals surface area contributed by atoms with Crippen LogP contribution in [0.15, 0.2) is 0 Å². The molecule has 3 aliphatic rings. The van der Waals surface area contributed by atoms with Gasteiger partial charge in [-0.15, -0.1) is 0 Å². The van der Waals surface area contributed by atoms with Gasteiger partial charge in [0.2, 0.25) is 0 Å². The molecule has 0 aromatic carbocycles. The van der Waals surface area contributed by atoms with Crippen LogP contribution in [0.5, 0.6) is 0 Å². The minimum absolute atomic E-state index is 0.865. The number of hydrogen-bond acceptors (Lipinski definition) is 2. The predicted octanol–water partition coefficient (Wildman–Crippen LogP) is 2.93. The SMILES string of the molecule is C1CCC2CC(CNCCNC3CC3)CCC2C1. The molecule has 0 spiro atoms. The van der Waals surface area contributed by atoms with Crippen LogP contribution in [0.1, 0.15) is 57.8 Å². The average Bonchev–Trinajstić information content (AvgIpc) is 3.22. The van der Waals surface area contributed by atoms with E-state index >= 15 is 0 Å². The van der Waals surface area contributed by atoms with Gasteiger partial charge in [-0.3, -0.25) is 0 Å². The van der Waals surface area contributed by atoms with Crippen molar-refractivity contribution in [2.45, 2.75) is 63.8 Å². The number of hydrogen-bond donors (Lipinski definition) is 2. The van der Waals surface area contributed by atoms with Gasteiger partial charge in [0.05, 0.1) is 0 Å². The maximum Gasteiger partial charge on any atom is 0.00793 e. The summed E-state index contributed by atoms with van der Waals surface area (Å²) in [4.78, 5) is 0. The first-order valence-electron chi connectivity index (χ1n) is 8.36. The van der Waals surface area contributed by atoms with Gasteiger partial charge in [0.1, 0.15) is 0 Å². The first-order chi connectivity index (χ1) is 8.92. The molecule has 3 unspecified atom stereocenters. The summed E-state index contributed by atoms with van der Waals surface area (Å²) < 4.78 is 0. The van der Waals surface area contributed by atoms with Crippen LogP contribution in [-0.2, 0) is 0 Å². The van der Waals surface area contributed by atoms with E-state index in [-0.39, 0.29) is 0 Å². The third kappa shape index (κ3) is 3.71. The van der Waals surface area contributed by atoms with Crippen molar-refractivity contribution >= 4 is 0 Å². The first-order valence-corrected chi connectivity index (χ1v) is 8.36. The average molecular weight is 250 g/mol. The second-order valence-corrected chi connectivity index (χ2v) is 6.92. The standard InChI is InChI=1S/C16H30N2/c1-2-4-15-11-13(5-6-14(15)3-1)12-17-9-10-18-16-7-8-16/h13-18H,1-12H2. The van der Waals surface area contributed by atoms with Crippen molar-refractivity contribution in [3.8, 4) is 0 Å². The Hall–Kier alpha value is -0.0800. The molecule has 3 saturated carbocycles. The molecule has 2 heteroatoms. The monoisotopic (exact) mass is 250 g/mol. The van der Waals surface area contributed by atoms with Crippen molar-refractivity contribution in [1.82, 2.24) is 10.6 Å². The molecule has 18 heavy (non-hydrogen) atoms. The summed E-state index contributed by atoms with van der Waals surface area (Å²) in [6.45, 7) is 3.61. The molecule has 0 heterocycles. The molecule has 2 nitrogen and oxygen atoms in total. The van der Waals surface area contributed by atoms with Gasteiger partial charge in [-0.25, -0.2) is 0 Å². The van der Waals surface area contributed by atoms with E-state index in [9.17, 15) is 0 Å². The minimum atomic E-state index is 0.865. The van der Waals surface area contributed by atoms with Crippen LogP contribution in [0.3, 0.4) is 0 Å². The largest absolute Gasteiger partial charge is 0.315 e. The van der Waals surface area contributed by atoms with Crippen LogP contribution in [0, 0.1) is 17.8 Å². The normalized spacial score (nSPS) is 36.3. The van der Waals surface area contributed by atoms with Gasteiger partial charge in [-0.1, -0.05) is 25.7 Å². The predicted molar refractivity (Wildman–Crippen MR) is 76.7 cm³/mol. The summed E-state index contributed by atoms with van der Waals surface area (Å²) in [6, 6.07) is 0.865. The first kappa shape index (κ1) is 12.9. The van der Waals surface area contributed by atoms with E-state index in [4.69, 9.17) is 0 Å². The molecule has 3 fully saturated rings. The molecule has 0 bridgehead atoms. The smallest absolute Gasteiger partial charge is 0.00793 e. The van der Waals surface area contributed by atoms with E-state index in [2.05, 4.69) is 10.6 Å². The molecule has 0 aromatic heterocycles. The molecule has 3 aliphatic carbocycles. The fourth-order valence-corrected chi connectivity index (χ4v) is 4.11. The fraction of sp³-hybridized carbons (Fsp3) is 1.00. The summed E-state index contributed by atoms with van der Waals surface area (Å²) in [7, 11) is 0. The maximum absolute atomic E-state index is 3.67. The second-order valence-electron chi connectivity index (χ2n) is 6.92. The third-order valence-electron chi connectivity index (χ3n) is 5.39. The highest BCUT2D eigenvalue weighted by Gasteiger charge is 2.31. The van der Waals surface area contributed by atoms with Crippen LogP contribution < -0.4 is 10.6 Å². The van der Waals surface area contributed by atoms with E-state index in [1.165, 1.54) is 77.4 Å². The Kier molecular flexibility index (Phi) is 4.58. The number of nitrogens with one attached hydrogen (secondary N) is 2. The molecule has 0 aromatic rings. The lowest BCUT2D eigenvalue weighted by molar-refractivity contribution is 0.129. The fourth-order valence-electron chi connectivity index (χ4n) is 4.11. The third-order valence-corrected chi connectivity index (χ3v) is 5.39. The van der Waals surface area contributed by atoms with Crippen LogP contribution >= 0.6 is 0 Å². The molecule has 0 radical (unpaired) electrons. The zero-order valence-corrected chi connectivity index (χ0v) is 11.8. The molecule has 2 N–H and O–H groups in total. The minimum Gasteiger partial charge on any atom is -0.315 e. The molecule has 0 saturated heterocycles. The second kappa shape index (κ2) is 6.38. The van der Waals surface area contributed by atoms with E-state index < -0.39 is 0 Å². The topological polar surface area (TPSA) is 24.1 Å². The van der Waals surface area contributed by atoms with Crippen LogP contribution in [0.4, 0.5) is 0 Å². The summed E-state index contributed by atoms with van der Waals surface area (Å²) in [5.41, 5.74) is 0. The highest BCUT2D eigenvalue weighted by atomic mass is 15.0. The summed E-state index contributed by atoms with van der Waals surface area (Å²) in [5.74, 6) is 3.17. The lowest BCUT2D eigenvalue weighted by atomic mass is 9.67. The lowest BCUT2D eigenvalue weighted by Gasteiger charge is -2.39. The quantitative estimate of drug-likeness (QED) is 0.708. The number of fused-ring (bicyclic) bond motifs is 1. The van der Waals surface area contributed by atoms with Gasteiger partial charge in [0.15, 0.2) is 0 Å².